The van der Waals surface area contributed by atoms with Gasteiger partial charge in [0.15, 0.2) is 0 Å². The van der Waals surface area contributed by atoms with Crippen molar-refractivity contribution < 1.29 is 0 Å². The Kier molecular flexibility index (Phi) is 5.44. The van der Waals surface area contributed by atoms with E-state index in [9.17, 15) is 0 Å². The van der Waals surface area contributed by atoms with Crippen molar-refractivity contribution in [1.29, 1.82) is 0 Å². The smallest absolute Gasteiger partial charge is 0.124 e. The normalized spacial score (nSPS) is 14.0. The molecular weight excluding hydrogens is 641 g/mol. The standard InChI is InChI=1S/C23H16Br2INS2/c1-12-18-20(28-22(26(18)3)14-4-8-16(24)9-5-14)13(2)19-21(12)29-23(27-19)15-6-10-17(25)11-7-15/h4-11H,3H2,1-2H3. The summed E-state index contributed by atoms with van der Waals surface area (Å²) in [5.74, 6) is 0. The van der Waals surface area contributed by atoms with Crippen molar-refractivity contribution in [2.75, 3.05) is 0 Å². The summed E-state index contributed by atoms with van der Waals surface area (Å²) in [6, 6.07) is 17.1. The van der Waals surface area contributed by atoms with Crippen molar-refractivity contribution in [3.05, 3.63) is 77.7 Å². The van der Waals surface area contributed by atoms with Gasteiger partial charge >= 0.3 is 0 Å². The molecule has 0 N–H and O–H groups in total. The molecule has 0 fully saturated rings. The number of halogens is 3. The molecule has 0 bridgehead atoms. The maximum absolute atomic E-state index is 5.06. The van der Waals surface area contributed by atoms with E-state index < -0.39 is 18.9 Å². The first-order chi connectivity index (χ1) is 13.9. The highest BCUT2D eigenvalue weighted by molar-refractivity contribution is 14.2. The molecule has 1 aliphatic rings. The number of hydrogen-bond acceptors (Lipinski definition) is 3. The molecule has 3 aromatic carbocycles. The summed E-state index contributed by atoms with van der Waals surface area (Å²) in [5, 5.41) is 1.09. The van der Waals surface area contributed by atoms with E-state index in [-0.39, 0.29) is 0 Å². The summed E-state index contributed by atoms with van der Waals surface area (Å²) >= 11 is 9.14. The number of thioether (sulfide) groups is 1. The average molecular weight is 657 g/mol. The minimum absolute atomic E-state index is 1.09. The van der Waals surface area contributed by atoms with Crippen LogP contribution in [0.5, 0.6) is 0 Å². The van der Waals surface area contributed by atoms with Crippen LogP contribution in [-0.2, 0) is 0 Å². The second-order valence-electron chi connectivity index (χ2n) is 6.84. The third-order valence-electron chi connectivity index (χ3n) is 4.98. The Hall–Kier alpha value is -0.670. The van der Waals surface area contributed by atoms with Crippen molar-refractivity contribution in [2.45, 2.75) is 18.7 Å². The Morgan fingerprint density at radius 1 is 0.862 bits per heavy atom. The summed E-state index contributed by atoms with van der Waals surface area (Å²) < 4.78 is 11.2. The maximum atomic E-state index is 5.06. The predicted octanol–water partition coefficient (Wildman–Crippen LogP) is 8.50. The Morgan fingerprint density at radius 2 is 1.45 bits per heavy atom. The summed E-state index contributed by atoms with van der Waals surface area (Å²) in [5.41, 5.74) is 6.34. The van der Waals surface area contributed by atoms with Gasteiger partial charge < -0.3 is 0 Å². The molecule has 0 radical (unpaired) electrons. The fourth-order valence-electron chi connectivity index (χ4n) is 3.48. The van der Waals surface area contributed by atoms with Crippen LogP contribution < -0.4 is 0 Å². The van der Waals surface area contributed by atoms with E-state index in [1.807, 2.05) is 23.1 Å². The molecule has 0 amide bonds. The highest BCUT2D eigenvalue weighted by Crippen LogP contribution is 2.51. The van der Waals surface area contributed by atoms with Crippen LogP contribution in [-0.4, -0.2) is 12.3 Å². The number of aryl methyl sites for hydroxylation is 2. The lowest BCUT2D eigenvalue weighted by molar-refractivity contribution is 1.25. The minimum Gasteiger partial charge on any atom is -0.236 e. The van der Waals surface area contributed by atoms with Gasteiger partial charge in [0.2, 0.25) is 0 Å². The minimum atomic E-state index is -1.67. The molecule has 6 heteroatoms. The lowest BCUT2D eigenvalue weighted by atomic mass is 10.1. The van der Waals surface area contributed by atoms with Gasteiger partial charge in [-0.25, -0.2) is 4.98 Å². The van der Waals surface area contributed by atoms with Crippen molar-refractivity contribution >= 4 is 91.4 Å². The van der Waals surface area contributed by atoms with E-state index in [1.165, 1.54) is 38.3 Å². The van der Waals surface area contributed by atoms with Gasteiger partial charge in [-0.2, -0.15) is 0 Å². The fourth-order valence-corrected chi connectivity index (χ4v) is 13.1. The molecule has 1 nitrogen and oxygen atoms in total. The Balaban J connectivity index is 1.69. The van der Waals surface area contributed by atoms with Crippen LogP contribution in [0.3, 0.4) is 0 Å². The number of fused-ring (bicyclic) bond motifs is 2. The average Bonchev–Trinajstić information content (AvgIpc) is 3.30. The van der Waals surface area contributed by atoms with Crippen LogP contribution in [0.1, 0.15) is 16.7 Å². The van der Waals surface area contributed by atoms with Gasteiger partial charge in [0.25, 0.3) is 0 Å². The lowest BCUT2D eigenvalue weighted by Crippen LogP contribution is -1.91. The second kappa shape index (κ2) is 7.79. The number of rotatable bonds is 2. The molecule has 146 valence electrons. The number of benzene rings is 3. The van der Waals surface area contributed by atoms with E-state index >= 15 is 0 Å². The Morgan fingerprint density at radius 3 is 2.07 bits per heavy atom. The van der Waals surface area contributed by atoms with Gasteiger partial charge in [-0.1, -0.05) is 72.4 Å². The molecule has 4 aromatic rings. The van der Waals surface area contributed by atoms with Gasteiger partial charge in [-0.3, -0.25) is 0 Å². The molecular formula is C23H16Br2INS2. The molecule has 0 spiro atoms. The van der Waals surface area contributed by atoms with Gasteiger partial charge in [0.05, 0.1) is 10.2 Å². The van der Waals surface area contributed by atoms with Crippen molar-refractivity contribution in [2.24, 2.45) is 0 Å². The van der Waals surface area contributed by atoms with Gasteiger partial charge in [-0.05, 0) is 54.8 Å². The van der Waals surface area contributed by atoms with Gasteiger partial charge in [0, 0.05) is 25.8 Å². The highest BCUT2D eigenvalue weighted by atomic mass is 127. The van der Waals surface area contributed by atoms with E-state index in [0.717, 1.165) is 19.5 Å². The van der Waals surface area contributed by atoms with Crippen LogP contribution >= 0.6 is 73.8 Å². The Bertz CT molecular complexity index is 1360. The Labute approximate surface area is 201 Å². The number of hydrogen-bond donors (Lipinski definition) is 0. The van der Waals surface area contributed by atoms with Crippen molar-refractivity contribution in [3.8, 4) is 10.6 Å². The summed E-state index contributed by atoms with van der Waals surface area (Å²) in [4.78, 5) is 6.46. The van der Waals surface area contributed by atoms with Crippen LogP contribution in [0, 0.1) is 17.4 Å². The van der Waals surface area contributed by atoms with E-state index in [2.05, 4.69) is 94.2 Å². The van der Waals surface area contributed by atoms with Gasteiger partial charge in [-0.15, -0.1) is 30.2 Å². The molecule has 0 saturated heterocycles. The third-order valence-corrected chi connectivity index (χ3v) is 15.1. The van der Waals surface area contributed by atoms with Crippen molar-refractivity contribution in [1.82, 2.24) is 4.98 Å². The van der Waals surface area contributed by atoms with E-state index in [1.54, 1.807) is 0 Å². The molecule has 1 aliphatic heterocycles. The summed E-state index contributed by atoms with van der Waals surface area (Å²) in [7, 11) is 0. The van der Waals surface area contributed by atoms with Crippen LogP contribution in [0.15, 0.2) is 62.4 Å². The molecule has 29 heavy (non-hydrogen) atoms. The first kappa shape index (κ1) is 20.2. The quantitative estimate of drug-likeness (QED) is 0.201. The van der Waals surface area contributed by atoms with Gasteiger partial charge in [0.1, 0.15) is 5.01 Å². The third kappa shape index (κ3) is 3.45. The molecule has 2 heterocycles. The zero-order valence-electron chi connectivity index (χ0n) is 15.7. The largest absolute Gasteiger partial charge is 0.236 e. The topological polar surface area (TPSA) is 12.9 Å². The molecule has 0 saturated carbocycles. The zero-order chi connectivity index (χ0) is 20.3. The van der Waals surface area contributed by atoms with Crippen LogP contribution in [0.25, 0.3) is 20.8 Å². The summed E-state index contributed by atoms with van der Waals surface area (Å²) in [6.07, 6.45) is 0. The first-order valence-corrected chi connectivity index (χ1v) is 15.8. The molecule has 1 aromatic heterocycles. The second-order valence-corrected chi connectivity index (χ2v) is 15.6. The number of thiazole rings is 1. The van der Waals surface area contributed by atoms with Crippen LogP contribution in [0.2, 0.25) is 0 Å². The van der Waals surface area contributed by atoms with E-state index in [0.29, 0.717) is 0 Å². The number of nitrogens with zero attached hydrogens (tertiary/aromatic N) is 1. The SMILES string of the molecule is C=I1=C(c2ccc(Br)cc2)Sc2c1c(C)c1sc(-c3ccc(Br)cc3)nc1c2C. The maximum Gasteiger partial charge on any atom is 0.124 e. The molecule has 0 unspecified atom stereocenters. The van der Waals surface area contributed by atoms with E-state index in [4.69, 9.17) is 9.50 Å². The first-order valence-electron chi connectivity index (χ1n) is 8.93. The zero-order valence-corrected chi connectivity index (χ0v) is 22.7. The molecule has 5 rings (SSSR count). The predicted molar refractivity (Wildman–Crippen MR) is 146 cm³/mol. The lowest BCUT2D eigenvalue weighted by Gasteiger charge is -2.08. The molecule has 0 aliphatic carbocycles. The highest BCUT2D eigenvalue weighted by Gasteiger charge is 2.26. The summed E-state index contributed by atoms with van der Waals surface area (Å²) in [6.45, 7) is 4.50. The van der Waals surface area contributed by atoms with Crippen LogP contribution in [0.4, 0.5) is 0 Å². The molecule has 0 atom stereocenters. The fraction of sp³-hybridized carbons (Fsp3) is 0.0870. The van der Waals surface area contributed by atoms with Crippen molar-refractivity contribution in [3.63, 3.8) is 0 Å². The monoisotopic (exact) mass is 655 g/mol. The number of aromatic nitrogens is 1.